The van der Waals surface area contributed by atoms with Gasteiger partial charge in [0.15, 0.2) is 0 Å². The van der Waals surface area contributed by atoms with Gasteiger partial charge in [0.25, 0.3) is 0 Å². The Kier molecular flexibility index (Phi) is 2.80. The highest BCUT2D eigenvalue weighted by atomic mass is 16.3. The number of benzene rings is 2. The molecule has 2 aromatic rings. The smallest absolute Gasteiger partial charge is 0.115 e. The minimum Gasteiger partial charge on any atom is -0.508 e. The van der Waals surface area contributed by atoms with Crippen LogP contribution in [0.15, 0.2) is 48.5 Å². The SMILES string of the molecule is CC(C)(c1cccc(N)c1)c1cccc(O)c1. The van der Waals surface area contributed by atoms with Crippen molar-refractivity contribution in [2.45, 2.75) is 19.3 Å². The Labute approximate surface area is 102 Å². The number of phenols is 1. The van der Waals surface area contributed by atoms with Gasteiger partial charge in [0, 0.05) is 11.1 Å². The molecular weight excluding hydrogens is 210 g/mol. The summed E-state index contributed by atoms with van der Waals surface area (Å²) in [6.45, 7) is 4.24. The monoisotopic (exact) mass is 227 g/mol. The number of nitrogen functional groups attached to an aromatic ring is 1. The van der Waals surface area contributed by atoms with Gasteiger partial charge in [-0.3, -0.25) is 0 Å². The molecule has 2 nitrogen and oxygen atoms in total. The summed E-state index contributed by atoms with van der Waals surface area (Å²) in [5.74, 6) is 0.291. The summed E-state index contributed by atoms with van der Waals surface area (Å²) in [6.07, 6.45) is 0. The molecule has 0 saturated carbocycles. The van der Waals surface area contributed by atoms with Crippen LogP contribution in [0.25, 0.3) is 0 Å². The summed E-state index contributed by atoms with van der Waals surface area (Å²) < 4.78 is 0. The minimum atomic E-state index is -0.172. The van der Waals surface area contributed by atoms with Crippen molar-refractivity contribution >= 4 is 5.69 Å². The van der Waals surface area contributed by atoms with E-state index in [9.17, 15) is 5.11 Å². The molecule has 0 aliphatic heterocycles. The standard InChI is InChI=1S/C15H17NO/c1-15(2,11-5-3-7-13(16)9-11)12-6-4-8-14(17)10-12/h3-10,17H,16H2,1-2H3. The average Bonchev–Trinajstić information content (AvgIpc) is 2.29. The molecule has 0 radical (unpaired) electrons. The summed E-state index contributed by atoms with van der Waals surface area (Å²) >= 11 is 0. The second kappa shape index (κ2) is 4.13. The fourth-order valence-corrected chi connectivity index (χ4v) is 1.99. The summed E-state index contributed by atoms with van der Waals surface area (Å²) in [4.78, 5) is 0. The molecule has 0 unspecified atom stereocenters. The van der Waals surface area contributed by atoms with Crippen LogP contribution in [0.4, 0.5) is 5.69 Å². The van der Waals surface area contributed by atoms with Crippen LogP contribution >= 0.6 is 0 Å². The fourth-order valence-electron chi connectivity index (χ4n) is 1.99. The van der Waals surface area contributed by atoms with Crippen LogP contribution in [-0.4, -0.2) is 5.11 Å². The molecule has 0 aromatic heterocycles. The van der Waals surface area contributed by atoms with Gasteiger partial charge in [-0.1, -0.05) is 38.1 Å². The topological polar surface area (TPSA) is 46.2 Å². The zero-order chi connectivity index (χ0) is 12.5. The number of nitrogens with two attached hydrogens (primary N) is 1. The molecule has 0 bridgehead atoms. The Morgan fingerprint density at radius 2 is 1.53 bits per heavy atom. The minimum absolute atomic E-state index is 0.172. The third-order valence-corrected chi connectivity index (χ3v) is 3.18. The van der Waals surface area contributed by atoms with Gasteiger partial charge >= 0.3 is 0 Å². The average molecular weight is 227 g/mol. The predicted molar refractivity (Wildman–Crippen MR) is 71.1 cm³/mol. The molecule has 0 amide bonds. The van der Waals surface area contributed by atoms with Crippen molar-refractivity contribution < 1.29 is 5.11 Å². The molecule has 0 fully saturated rings. The van der Waals surface area contributed by atoms with E-state index in [0.29, 0.717) is 5.75 Å². The van der Waals surface area contributed by atoms with Crippen molar-refractivity contribution in [3.8, 4) is 5.75 Å². The van der Waals surface area contributed by atoms with E-state index in [1.54, 1.807) is 12.1 Å². The molecule has 0 aliphatic rings. The van der Waals surface area contributed by atoms with Gasteiger partial charge in [-0.25, -0.2) is 0 Å². The molecule has 2 rings (SSSR count). The van der Waals surface area contributed by atoms with Crippen LogP contribution in [-0.2, 0) is 5.41 Å². The first-order valence-corrected chi connectivity index (χ1v) is 5.66. The molecule has 17 heavy (non-hydrogen) atoms. The first-order chi connectivity index (χ1) is 8.00. The van der Waals surface area contributed by atoms with Crippen LogP contribution in [0, 0.1) is 0 Å². The summed E-state index contributed by atoms with van der Waals surface area (Å²) in [6, 6.07) is 15.2. The molecule has 0 atom stereocenters. The highest BCUT2D eigenvalue weighted by Crippen LogP contribution is 2.33. The van der Waals surface area contributed by atoms with E-state index in [1.165, 1.54) is 0 Å². The third kappa shape index (κ3) is 2.26. The van der Waals surface area contributed by atoms with Crippen LogP contribution in [0.5, 0.6) is 5.75 Å². The number of hydrogen-bond acceptors (Lipinski definition) is 2. The van der Waals surface area contributed by atoms with Crippen LogP contribution in [0.2, 0.25) is 0 Å². The number of anilines is 1. The summed E-state index contributed by atoms with van der Waals surface area (Å²) in [5.41, 5.74) is 8.62. The highest BCUT2D eigenvalue weighted by Gasteiger charge is 2.23. The Balaban J connectivity index is 2.49. The van der Waals surface area contributed by atoms with E-state index in [-0.39, 0.29) is 5.41 Å². The van der Waals surface area contributed by atoms with E-state index in [1.807, 2.05) is 30.3 Å². The lowest BCUT2D eigenvalue weighted by atomic mass is 9.78. The molecule has 0 saturated heterocycles. The zero-order valence-electron chi connectivity index (χ0n) is 10.1. The molecule has 2 aromatic carbocycles. The molecule has 2 heteroatoms. The second-order valence-electron chi connectivity index (χ2n) is 4.80. The lowest BCUT2D eigenvalue weighted by Gasteiger charge is -2.26. The number of hydrogen-bond donors (Lipinski definition) is 2. The first kappa shape index (κ1) is 11.5. The normalized spacial score (nSPS) is 11.4. The quantitative estimate of drug-likeness (QED) is 0.773. The summed E-state index contributed by atoms with van der Waals surface area (Å²) in [7, 11) is 0. The van der Waals surface area contributed by atoms with Gasteiger partial charge in [-0.15, -0.1) is 0 Å². The van der Waals surface area contributed by atoms with Crippen molar-refractivity contribution in [2.75, 3.05) is 5.73 Å². The zero-order valence-corrected chi connectivity index (χ0v) is 10.1. The van der Waals surface area contributed by atoms with E-state index < -0.39 is 0 Å². The van der Waals surface area contributed by atoms with Crippen molar-refractivity contribution in [2.24, 2.45) is 0 Å². The Hall–Kier alpha value is -1.96. The molecule has 3 N–H and O–H groups in total. The number of rotatable bonds is 2. The van der Waals surface area contributed by atoms with Crippen LogP contribution < -0.4 is 5.73 Å². The van der Waals surface area contributed by atoms with Gasteiger partial charge in [-0.05, 0) is 35.4 Å². The molecule has 0 aliphatic carbocycles. The second-order valence-corrected chi connectivity index (χ2v) is 4.80. The van der Waals surface area contributed by atoms with Gasteiger partial charge in [0.05, 0.1) is 0 Å². The van der Waals surface area contributed by atoms with Crippen molar-refractivity contribution in [3.05, 3.63) is 59.7 Å². The van der Waals surface area contributed by atoms with Crippen LogP contribution in [0.3, 0.4) is 0 Å². The van der Waals surface area contributed by atoms with Crippen LogP contribution in [0.1, 0.15) is 25.0 Å². The fraction of sp³-hybridized carbons (Fsp3) is 0.200. The Morgan fingerprint density at radius 3 is 2.12 bits per heavy atom. The molecule has 88 valence electrons. The maximum absolute atomic E-state index is 9.55. The highest BCUT2D eigenvalue weighted by molar-refractivity contribution is 5.47. The lowest BCUT2D eigenvalue weighted by molar-refractivity contribution is 0.472. The van der Waals surface area contributed by atoms with E-state index >= 15 is 0 Å². The summed E-state index contributed by atoms with van der Waals surface area (Å²) in [5, 5.41) is 9.55. The van der Waals surface area contributed by atoms with Crippen molar-refractivity contribution in [3.63, 3.8) is 0 Å². The predicted octanol–water partition coefficient (Wildman–Crippen LogP) is 3.30. The van der Waals surface area contributed by atoms with Gasteiger partial charge in [0.1, 0.15) is 5.75 Å². The first-order valence-electron chi connectivity index (χ1n) is 5.66. The maximum Gasteiger partial charge on any atom is 0.115 e. The maximum atomic E-state index is 9.55. The Bertz CT molecular complexity index is 484. The lowest BCUT2D eigenvalue weighted by Crippen LogP contribution is -2.18. The van der Waals surface area contributed by atoms with E-state index in [4.69, 9.17) is 5.73 Å². The molecular formula is C15H17NO. The largest absolute Gasteiger partial charge is 0.508 e. The van der Waals surface area contributed by atoms with E-state index in [2.05, 4.69) is 19.9 Å². The number of aromatic hydroxyl groups is 1. The van der Waals surface area contributed by atoms with Crippen molar-refractivity contribution in [1.29, 1.82) is 0 Å². The number of phenolic OH excluding ortho intramolecular Hbond substituents is 1. The van der Waals surface area contributed by atoms with Crippen molar-refractivity contribution in [1.82, 2.24) is 0 Å². The molecule has 0 heterocycles. The van der Waals surface area contributed by atoms with E-state index in [0.717, 1.165) is 16.8 Å². The molecule has 0 spiro atoms. The van der Waals surface area contributed by atoms with Gasteiger partial charge in [-0.2, -0.15) is 0 Å². The Morgan fingerprint density at radius 1 is 0.941 bits per heavy atom. The van der Waals surface area contributed by atoms with Gasteiger partial charge < -0.3 is 10.8 Å². The van der Waals surface area contributed by atoms with Gasteiger partial charge in [0.2, 0.25) is 0 Å². The third-order valence-electron chi connectivity index (χ3n) is 3.18.